The zero-order valence-corrected chi connectivity index (χ0v) is 10.6. The van der Waals surface area contributed by atoms with Crippen molar-refractivity contribution < 1.29 is 4.92 Å². The van der Waals surface area contributed by atoms with E-state index >= 15 is 0 Å². The molecule has 1 aromatic rings. The Balaban J connectivity index is 2.12. The van der Waals surface area contributed by atoms with Crippen molar-refractivity contribution in [1.29, 1.82) is 0 Å². The normalized spacial score (nSPS) is 16.9. The summed E-state index contributed by atoms with van der Waals surface area (Å²) in [5, 5.41) is 10.9. The number of pyridine rings is 1. The van der Waals surface area contributed by atoms with E-state index < -0.39 is 4.92 Å². The van der Waals surface area contributed by atoms with Crippen LogP contribution in [0.2, 0.25) is 5.02 Å². The van der Waals surface area contributed by atoms with Crippen molar-refractivity contribution in [3.63, 3.8) is 0 Å². The summed E-state index contributed by atoms with van der Waals surface area (Å²) in [6.07, 6.45) is 3.26. The lowest BCUT2D eigenvalue weighted by Crippen LogP contribution is -2.36. The molecule has 0 aromatic carbocycles. The lowest BCUT2D eigenvalue weighted by atomic mass is 9.97. The van der Waals surface area contributed by atoms with Crippen LogP contribution in [0, 0.1) is 16.0 Å². The van der Waals surface area contributed by atoms with Crippen molar-refractivity contribution in [2.45, 2.75) is 12.8 Å². The van der Waals surface area contributed by atoms with E-state index in [0.29, 0.717) is 23.3 Å². The van der Waals surface area contributed by atoms with Crippen LogP contribution in [0.4, 0.5) is 11.5 Å². The molecule has 7 heteroatoms. The molecule has 6 nitrogen and oxygen atoms in total. The van der Waals surface area contributed by atoms with Gasteiger partial charge in [-0.25, -0.2) is 4.98 Å². The van der Waals surface area contributed by atoms with E-state index in [-0.39, 0.29) is 5.69 Å². The van der Waals surface area contributed by atoms with Gasteiger partial charge < -0.3 is 10.6 Å². The Bertz CT molecular complexity index is 447. The van der Waals surface area contributed by atoms with Crippen LogP contribution < -0.4 is 10.6 Å². The molecule has 0 saturated carbocycles. The average molecular weight is 271 g/mol. The number of hydrogen-bond acceptors (Lipinski definition) is 5. The zero-order chi connectivity index (χ0) is 13.1. The standard InChI is InChI=1S/C11H15ClN4O2/c12-10-5-9(16(17)18)7-14-11(10)15-3-1-8(6-13)2-4-15/h5,7-8H,1-4,6,13H2. The summed E-state index contributed by atoms with van der Waals surface area (Å²) < 4.78 is 0. The molecule has 0 amide bonds. The van der Waals surface area contributed by atoms with Gasteiger partial charge in [0.2, 0.25) is 0 Å². The molecule has 0 bridgehead atoms. The van der Waals surface area contributed by atoms with Crippen LogP contribution in [0.1, 0.15) is 12.8 Å². The third-order valence-electron chi connectivity index (χ3n) is 3.27. The van der Waals surface area contributed by atoms with Crippen molar-refractivity contribution in [1.82, 2.24) is 4.98 Å². The molecular weight excluding hydrogens is 256 g/mol. The minimum Gasteiger partial charge on any atom is -0.355 e. The predicted octanol–water partition coefficient (Wildman–Crippen LogP) is 1.82. The average Bonchev–Trinajstić information content (AvgIpc) is 2.38. The Morgan fingerprint density at radius 3 is 2.72 bits per heavy atom. The topological polar surface area (TPSA) is 85.3 Å². The van der Waals surface area contributed by atoms with Gasteiger partial charge in [-0.3, -0.25) is 10.1 Å². The highest BCUT2D eigenvalue weighted by Gasteiger charge is 2.22. The molecule has 1 aliphatic heterocycles. The van der Waals surface area contributed by atoms with Crippen LogP contribution in [-0.2, 0) is 0 Å². The van der Waals surface area contributed by atoms with E-state index in [4.69, 9.17) is 17.3 Å². The lowest BCUT2D eigenvalue weighted by molar-refractivity contribution is -0.385. The molecule has 0 radical (unpaired) electrons. The number of rotatable bonds is 3. The number of anilines is 1. The third kappa shape index (κ3) is 2.70. The van der Waals surface area contributed by atoms with Crippen LogP contribution >= 0.6 is 11.6 Å². The van der Waals surface area contributed by atoms with Gasteiger partial charge in [-0.2, -0.15) is 0 Å². The summed E-state index contributed by atoms with van der Waals surface area (Å²) in [6, 6.07) is 1.35. The number of aromatic nitrogens is 1. The SMILES string of the molecule is NCC1CCN(c2ncc([N+](=O)[O-])cc2Cl)CC1. The van der Waals surface area contributed by atoms with Crippen LogP contribution in [0.5, 0.6) is 0 Å². The van der Waals surface area contributed by atoms with E-state index in [2.05, 4.69) is 9.88 Å². The number of halogens is 1. The minimum atomic E-state index is -0.497. The lowest BCUT2D eigenvalue weighted by Gasteiger charge is -2.32. The Morgan fingerprint density at radius 1 is 1.56 bits per heavy atom. The quantitative estimate of drug-likeness (QED) is 0.669. The maximum absolute atomic E-state index is 10.6. The highest BCUT2D eigenvalue weighted by Crippen LogP contribution is 2.29. The van der Waals surface area contributed by atoms with Crippen molar-refractivity contribution in [2.24, 2.45) is 11.7 Å². The van der Waals surface area contributed by atoms with Gasteiger partial charge in [0, 0.05) is 19.2 Å². The van der Waals surface area contributed by atoms with E-state index in [1.807, 2.05) is 0 Å². The summed E-state index contributed by atoms with van der Waals surface area (Å²) in [5.41, 5.74) is 5.55. The van der Waals surface area contributed by atoms with Crippen LogP contribution in [-0.4, -0.2) is 29.5 Å². The van der Waals surface area contributed by atoms with Crippen molar-refractivity contribution in [2.75, 3.05) is 24.5 Å². The Labute approximate surface area is 110 Å². The van der Waals surface area contributed by atoms with Crippen molar-refractivity contribution in [3.05, 3.63) is 27.4 Å². The largest absolute Gasteiger partial charge is 0.355 e. The van der Waals surface area contributed by atoms with Gasteiger partial charge in [0.05, 0.1) is 9.95 Å². The van der Waals surface area contributed by atoms with Gasteiger partial charge in [-0.05, 0) is 25.3 Å². The summed E-state index contributed by atoms with van der Waals surface area (Å²) in [5.74, 6) is 1.18. The molecule has 2 heterocycles. The fourth-order valence-electron chi connectivity index (χ4n) is 2.13. The summed E-state index contributed by atoms with van der Waals surface area (Å²) in [4.78, 5) is 16.3. The molecule has 1 aliphatic rings. The van der Waals surface area contributed by atoms with E-state index in [0.717, 1.165) is 25.9 Å². The third-order valence-corrected chi connectivity index (χ3v) is 3.54. The molecular formula is C11H15ClN4O2. The first-order valence-corrected chi connectivity index (χ1v) is 6.24. The van der Waals surface area contributed by atoms with Gasteiger partial charge >= 0.3 is 0 Å². The highest BCUT2D eigenvalue weighted by atomic mass is 35.5. The van der Waals surface area contributed by atoms with E-state index in [1.165, 1.54) is 12.3 Å². The van der Waals surface area contributed by atoms with Gasteiger partial charge in [-0.15, -0.1) is 0 Å². The molecule has 0 aliphatic carbocycles. The molecule has 1 fully saturated rings. The van der Waals surface area contributed by atoms with Gasteiger partial charge in [0.15, 0.2) is 0 Å². The first-order chi connectivity index (χ1) is 8.61. The maximum atomic E-state index is 10.6. The van der Waals surface area contributed by atoms with Gasteiger partial charge in [0.25, 0.3) is 5.69 Å². The number of nitrogens with two attached hydrogens (primary N) is 1. The Morgan fingerprint density at radius 2 is 2.22 bits per heavy atom. The first-order valence-electron chi connectivity index (χ1n) is 5.86. The molecule has 2 N–H and O–H groups in total. The molecule has 2 rings (SSSR count). The molecule has 1 saturated heterocycles. The fourth-order valence-corrected chi connectivity index (χ4v) is 2.41. The van der Waals surface area contributed by atoms with E-state index in [9.17, 15) is 10.1 Å². The van der Waals surface area contributed by atoms with Crippen molar-refractivity contribution in [3.8, 4) is 0 Å². The Kier molecular flexibility index (Phi) is 3.98. The second-order valence-electron chi connectivity index (χ2n) is 4.42. The van der Waals surface area contributed by atoms with Crippen LogP contribution in [0.15, 0.2) is 12.3 Å². The highest BCUT2D eigenvalue weighted by molar-refractivity contribution is 6.33. The number of hydrogen-bond donors (Lipinski definition) is 1. The van der Waals surface area contributed by atoms with Gasteiger partial charge in [0.1, 0.15) is 12.0 Å². The van der Waals surface area contributed by atoms with Gasteiger partial charge in [-0.1, -0.05) is 11.6 Å². The summed E-state index contributed by atoms with van der Waals surface area (Å²) >= 11 is 6.04. The monoisotopic (exact) mass is 270 g/mol. The fraction of sp³-hybridized carbons (Fsp3) is 0.545. The second-order valence-corrected chi connectivity index (χ2v) is 4.83. The molecule has 0 unspecified atom stereocenters. The molecule has 1 aromatic heterocycles. The Hall–Kier alpha value is -1.40. The number of nitro groups is 1. The molecule has 18 heavy (non-hydrogen) atoms. The summed E-state index contributed by atoms with van der Waals surface area (Å²) in [6.45, 7) is 2.38. The predicted molar refractivity (Wildman–Crippen MR) is 69.9 cm³/mol. The first kappa shape index (κ1) is 13.0. The maximum Gasteiger partial charge on any atom is 0.289 e. The molecule has 0 spiro atoms. The second kappa shape index (κ2) is 5.49. The van der Waals surface area contributed by atoms with Crippen LogP contribution in [0.3, 0.4) is 0 Å². The number of nitrogens with zero attached hydrogens (tertiary/aromatic N) is 3. The zero-order valence-electron chi connectivity index (χ0n) is 9.88. The number of piperidine rings is 1. The van der Waals surface area contributed by atoms with Crippen LogP contribution in [0.25, 0.3) is 0 Å². The molecule has 98 valence electrons. The minimum absolute atomic E-state index is 0.0828. The molecule has 0 atom stereocenters. The summed E-state index contributed by atoms with van der Waals surface area (Å²) in [7, 11) is 0. The van der Waals surface area contributed by atoms with Crippen molar-refractivity contribution >= 4 is 23.1 Å². The smallest absolute Gasteiger partial charge is 0.289 e. The van der Waals surface area contributed by atoms with E-state index in [1.54, 1.807) is 0 Å².